The number of fused-ring (bicyclic) bond motifs is 1. The van der Waals surface area contributed by atoms with Crippen LogP contribution in [0.4, 0.5) is 16.2 Å². The molecule has 1 aliphatic rings. The summed E-state index contributed by atoms with van der Waals surface area (Å²) in [4.78, 5) is 43.6. The van der Waals surface area contributed by atoms with Crippen molar-refractivity contribution in [3.8, 4) is 5.69 Å². The zero-order valence-corrected chi connectivity index (χ0v) is 17.3. The van der Waals surface area contributed by atoms with E-state index in [9.17, 15) is 14.4 Å². The van der Waals surface area contributed by atoms with Crippen molar-refractivity contribution in [2.75, 3.05) is 23.9 Å². The zero-order chi connectivity index (χ0) is 22.0. The number of aryl methyl sites for hydroxylation is 2. The van der Waals surface area contributed by atoms with E-state index < -0.39 is 17.6 Å². The molecule has 1 N–H and O–H groups in total. The van der Waals surface area contributed by atoms with Gasteiger partial charge in [-0.3, -0.25) is 24.0 Å². The second-order valence-electron chi connectivity index (χ2n) is 7.28. The number of nitrogens with one attached hydrogen (secondary N) is 1. The highest BCUT2D eigenvalue weighted by molar-refractivity contribution is 6.05. The fourth-order valence-electron chi connectivity index (χ4n) is 3.77. The first-order valence-electron chi connectivity index (χ1n) is 9.92. The van der Waals surface area contributed by atoms with Gasteiger partial charge in [0, 0.05) is 24.6 Å². The predicted octanol–water partition coefficient (Wildman–Crippen LogP) is 3.31. The molecule has 0 unspecified atom stereocenters. The molecular formula is C23H22N4O4. The minimum Gasteiger partial charge on any atom is -0.452 e. The summed E-state index contributed by atoms with van der Waals surface area (Å²) in [6.45, 7) is 2.31. The van der Waals surface area contributed by atoms with Gasteiger partial charge in [0.25, 0.3) is 11.5 Å². The van der Waals surface area contributed by atoms with Crippen LogP contribution in [0, 0.1) is 6.92 Å². The maximum Gasteiger partial charge on any atom is 0.414 e. The predicted molar refractivity (Wildman–Crippen MR) is 117 cm³/mol. The van der Waals surface area contributed by atoms with Gasteiger partial charge in [0.1, 0.15) is 5.56 Å². The van der Waals surface area contributed by atoms with E-state index >= 15 is 0 Å². The van der Waals surface area contributed by atoms with Crippen molar-refractivity contribution < 1.29 is 14.3 Å². The normalized spacial score (nSPS) is 12.8. The molecule has 4 rings (SSSR count). The van der Waals surface area contributed by atoms with Gasteiger partial charge in [-0.15, -0.1) is 0 Å². The molecule has 0 saturated carbocycles. The van der Waals surface area contributed by atoms with Gasteiger partial charge in [0.05, 0.1) is 24.7 Å². The third-order valence-corrected chi connectivity index (χ3v) is 5.30. The molecule has 2 amide bonds. The molecule has 8 nitrogen and oxygen atoms in total. The summed E-state index contributed by atoms with van der Waals surface area (Å²) in [6.07, 6.45) is 5.99. The number of nitrogens with zero attached hydrogens (tertiary/aromatic N) is 3. The van der Waals surface area contributed by atoms with E-state index in [1.165, 1.54) is 11.7 Å². The van der Waals surface area contributed by atoms with Gasteiger partial charge in [-0.1, -0.05) is 0 Å². The number of hydrogen-bond donors (Lipinski definition) is 1. The van der Waals surface area contributed by atoms with E-state index in [1.54, 1.807) is 60.7 Å². The fraction of sp³-hybridized carbons (Fsp3) is 0.217. The van der Waals surface area contributed by atoms with Crippen molar-refractivity contribution in [1.82, 2.24) is 9.55 Å². The maximum atomic E-state index is 13.0. The summed E-state index contributed by atoms with van der Waals surface area (Å²) in [7, 11) is 1.35. The number of amides is 2. The van der Waals surface area contributed by atoms with Crippen molar-refractivity contribution in [2.45, 2.75) is 19.8 Å². The van der Waals surface area contributed by atoms with Crippen molar-refractivity contribution in [2.24, 2.45) is 0 Å². The van der Waals surface area contributed by atoms with Crippen LogP contribution < -0.4 is 15.8 Å². The average Bonchev–Trinajstić information content (AvgIpc) is 2.78. The Hall–Kier alpha value is -3.94. The molecule has 3 aromatic rings. The van der Waals surface area contributed by atoms with Gasteiger partial charge in [-0.05, 0) is 67.3 Å². The second-order valence-corrected chi connectivity index (χ2v) is 7.28. The average molecular weight is 418 g/mol. The summed E-state index contributed by atoms with van der Waals surface area (Å²) in [6, 6.07) is 10.5. The SMILES string of the molecule is COC(=O)N1CCCc2cc(NC(=O)c3c(C)ccn(-c4cccnc4)c3=O)ccc21. The number of pyridine rings is 2. The Balaban J connectivity index is 1.64. The summed E-state index contributed by atoms with van der Waals surface area (Å²) in [5.41, 5.74) is 3.08. The van der Waals surface area contributed by atoms with Gasteiger partial charge in [0.2, 0.25) is 0 Å². The number of carbonyl (C=O) groups excluding carboxylic acids is 2. The lowest BCUT2D eigenvalue weighted by Gasteiger charge is -2.28. The lowest BCUT2D eigenvalue weighted by molar-refractivity contribution is 0.102. The summed E-state index contributed by atoms with van der Waals surface area (Å²) in [5.74, 6) is -0.485. The van der Waals surface area contributed by atoms with E-state index in [2.05, 4.69) is 10.3 Å². The molecule has 1 aliphatic heterocycles. The molecule has 0 aliphatic carbocycles. The standard InChI is InChI=1S/C23H22N4O4/c1-15-9-12-26(18-6-3-10-24-14-18)22(29)20(15)21(28)25-17-7-8-19-16(13-17)5-4-11-27(19)23(30)31-2/h3,6-10,12-14H,4-5,11H2,1-2H3,(H,25,28). The third kappa shape index (κ3) is 3.92. The first-order valence-corrected chi connectivity index (χ1v) is 9.92. The Morgan fingerprint density at radius 2 is 2.03 bits per heavy atom. The molecule has 1 aromatic carbocycles. The maximum absolute atomic E-state index is 13.0. The van der Waals surface area contributed by atoms with Crippen LogP contribution in [0.3, 0.4) is 0 Å². The van der Waals surface area contributed by atoms with Crippen LogP contribution in [-0.4, -0.2) is 35.2 Å². The molecule has 0 fully saturated rings. The van der Waals surface area contributed by atoms with Gasteiger partial charge >= 0.3 is 6.09 Å². The molecular weight excluding hydrogens is 396 g/mol. The van der Waals surface area contributed by atoms with E-state index in [4.69, 9.17) is 4.74 Å². The van der Waals surface area contributed by atoms with E-state index in [1.807, 2.05) is 6.07 Å². The van der Waals surface area contributed by atoms with Crippen molar-refractivity contribution >= 4 is 23.4 Å². The molecule has 0 spiro atoms. The molecule has 0 radical (unpaired) electrons. The van der Waals surface area contributed by atoms with Crippen molar-refractivity contribution in [1.29, 1.82) is 0 Å². The van der Waals surface area contributed by atoms with Crippen LogP contribution in [0.2, 0.25) is 0 Å². The largest absolute Gasteiger partial charge is 0.452 e. The smallest absolute Gasteiger partial charge is 0.414 e. The molecule has 2 aromatic heterocycles. The lowest BCUT2D eigenvalue weighted by atomic mass is 10.0. The number of rotatable bonds is 3. The lowest BCUT2D eigenvalue weighted by Crippen LogP contribution is -2.35. The quantitative estimate of drug-likeness (QED) is 0.704. The van der Waals surface area contributed by atoms with Crippen LogP contribution in [0.1, 0.15) is 27.9 Å². The molecule has 8 heteroatoms. The van der Waals surface area contributed by atoms with Crippen LogP contribution in [0.25, 0.3) is 5.69 Å². The topological polar surface area (TPSA) is 93.5 Å². The second kappa shape index (κ2) is 8.43. The fourth-order valence-corrected chi connectivity index (χ4v) is 3.77. The number of hydrogen-bond acceptors (Lipinski definition) is 5. The van der Waals surface area contributed by atoms with E-state index in [-0.39, 0.29) is 5.56 Å². The summed E-state index contributed by atoms with van der Waals surface area (Å²) in [5, 5.41) is 2.82. The highest BCUT2D eigenvalue weighted by atomic mass is 16.5. The number of anilines is 2. The first-order chi connectivity index (χ1) is 15.0. The number of methoxy groups -OCH3 is 1. The molecule has 158 valence electrons. The molecule has 3 heterocycles. The Morgan fingerprint density at radius 1 is 1.19 bits per heavy atom. The minimum atomic E-state index is -0.485. The Labute approximate surface area is 179 Å². The van der Waals surface area contributed by atoms with Gasteiger partial charge in [-0.2, -0.15) is 0 Å². The molecule has 31 heavy (non-hydrogen) atoms. The van der Waals surface area contributed by atoms with Crippen LogP contribution in [0.15, 0.2) is 59.8 Å². The molecule has 0 atom stereocenters. The Kier molecular flexibility index (Phi) is 5.53. The first kappa shape index (κ1) is 20.3. The summed E-state index contributed by atoms with van der Waals surface area (Å²) < 4.78 is 6.25. The Morgan fingerprint density at radius 3 is 2.77 bits per heavy atom. The highest BCUT2D eigenvalue weighted by Crippen LogP contribution is 2.30. The molecule has 0 saturated heterocycles. The molecule has 0 bridgehead atoms. The van der Waals surface area contributed by atoms with Gasteiger partial charge in [0.15, 0.2) is 0 Å². The van der Waals surface area contributed by atoms with Gasteiger partial charge < -0.3 is 10.1 Å². The summed E-state index contributed by atoms with van der Waals surface area (Å²) >= 11 is 0. The zero-order valence-electron chi connectivity index (χ0n) is 17.3. The van der Waals surface area contributed by atoms with Crippen LogP contribution in [-0.2, 0) is 11.2 Å². The van der Waals surface area contributed by atoms with Gasteiger partial charge in [-0.25, -0.2) is 4.79 Å². The third-order valence-electron chi connectivity index (χ3n) is 5.30. The van der Waals surface area contributed by atoms with Crippen molar-refractivity contribution in [3.63, 3.8) is 0 Å². The number of benzene rings is 1. The monoisotopic (exact) mass is 418 g/mol. The Bertz CT molecular complexity index is 1200. The van der Waals surface area contributed by atoms with E-state index in [0.29, 0.717) is 23.5 Å². The highest BCUT2D eigenvalue weighted by Gasteiger charge is 2.24. The number of ether oxygens (including phenoxy) is 1. The van der Waals surface area contributed by atoms with Crippen LogP contribution in [0.5, 0.6) is 0 Å². The number of carbonyl (C=O) groups is 2. The number of aromatic nitrogens is 2. The van der Waals surface area contributed by atoms with Crippen LogP contribution >= 0.6 is 0 Å². The van der Waals surface area contributed by atoms with E-state index in [0.717, 1.165) is 24.1 Å². The van der Waals surface area contributed by atoms with Crippen molar-refractivity contribution in [3.05, 3.63) is 82.0 Å². The minimum absolute atomic E-state index is 0.0697.